The van der Waals surface area contributed by atoms with Gasteiger partial charge in [0.05, 0.1) is 0 Å². The van der Waals surface area contributed by atoms with E-state index in [-0.39, 0.29) is 12.8 Å². The second kappa shape index (κ2) is 11.8. The fraction of sp³-hybridized carbons (Fsp3) is 0.357. The molecule has 1 saturated heterocycles. The summed E-state index contributed by atoms with van der Waals surface area (Å²) in [5.41, 5.74) is 15.5. The van der Waals surface area contributed by atoms with E-state index in [0.717, 1.165) is 32.9 Å². The molecule has 0 bridgehead atoms. The minimum atomic E-state index is -1.80. The maximum absolute atomic E-state index is 12.7. The van der Waals surface area contributed by atoms with E-state index in [0.29, 0.717) is 0 Å². The summed E-state index contributed by atoms with van der Waals surface area (Å²) in [5, 5.41) is 33.4. The van der Waals surface area contributed by atoms with Gasteiger partial charge in [-0.25, -0.2) is 0 Å². The number of hydrogen-bond donors (Lipinski definition) is 7. The summed E-state index contributed by atoms with van der Waals surface area (Å²) in [6.07, 6.45) is -4.19. The molecule has 0 aliphatic carbocycles. The molecule has 0 saturated carbocycles. The first-order valence-electron chi connectivity index (χ1n) is 12.9. The largest absolute Gasteiger partial charge is 0.462 e. The summed E-state index contributed by atoms with van der Waals surface area (Å²) < 4.78 is 15.8. The zero-order valence-corrected chi connectivity index (χ0v) is 21.5. The Hall–Kier alpha value is -3.78. The lowest BCUT2D eigenvalue weighted by atomic mass is 9.99. The number of hydrogen-bond acceptors (Lipinski definition) is 10. The van der Waals surface area contributed by atoms with Crippen LogP contribution >= 0.6 is 0 Å². The molecule has 2 aromatic carbocycles. The highest BCUT2D eigenvalue weighted by Gasteiger charge is 2.47. The number of ether oxygens (including phenoxy) is 3. The molecule has 1 fully saturated rings. The van der Waals surface area contributed by atoms with Gasteiger partial charge in [-0.05, 0) is 23.3 Å². The Balaban J connectivity index is 1.13. The number of aromatic amines is 2. The SMILES string of the molecule is N[C@@H](Cc1c[nH]c2ccccc12)C(=O)OC[C@H]1OC(O)[C@H](OC(=O)[C@@H](N)Cc2c[nH]c3ccccc23)[C@@H](O)[C@@H]1O. The summed E-state index contributed by atoms with van der Waals surface area (Å²) >= 11 is 0. The van der Waals surface area contributed by atoms with Crippen molar-refractivity contribution in [3.8, 4) is 0 Å². The number of carbonyl (C=O) groups excluding carboxylic acids is 2. The first-order valence-corrected chi connectivity index (χ1v) is 12.9. The van der Waals surface area contributed by atoms with Crippen molar-refractivity contribution in [3.63, 3.8) is 0 Å². The van der Waals surface area contributed by atoms with E-state index in [4.69, 9.17) is 25.7 Å². The van der Waals surface area contributed by atoms with Crippen LogP contribution in [-0.4, -0.2) is 86.6 Å². The normalized spacial score (nSPS) is 24.6. The van der Waals surface area contributed by atoms with Gasteiger partial charge in [-0.3, -0.25) is 9.59 Å². The number of nitrogens with one attached hydrogen (secondary N) is 2. The Morgan fingerprint density at radius 1 is 0.825 bits per heavy atom. The molecule has 0 radical (unpaired) electrons. The number of fused-ring (bicyclic) bond motifs is 2. The van der Waals surface area contributed by atoms with E-state index in [1.165, 1.54) is 0 Å². The Morgan fingerprint density at radius 3 is 1.93 bits per heavy atom. The van der Waals surface area contributed by atoms with E-state index >= 15 is 0 Å². The maximum Gasteiger partial charge on any atom is 0.323 e. The molecule has 40 heavy (non-hydrogen) atoms. The Bertz CT molecular complexity index is 1480. The van der Waals surface area contributed by atoms with Gasteiger partial charge in [0.15, 0.2) is 12.4 Å². The number of benzene rings is 2. The first-order chi connectivity index (χ1) is 19.2. The average molecular weight is 553 g/mol. The number of aliphatic hydroxyl groups is 3. The number of aliphatic hydroxyl groups excluding tert-OH is 3. The van der Waals surface area contributed by atoms with Crippen LogP contribution in [0.2, 0.25) is 0 Å². The molecule has 12 heteroatoms. The van der Waals surface area contributed by atoms with Gasteiger partial charge < -0.3 is 51.0 Å². The van der Waals surface area contributed by atoms with Crippen molar-refractivity contribution in [1.82, 2.24) is 9.97 Å². The Labute approximate surface area is 228 Å². The van der Waals surface area contributed by atoms with Gasteiger partial charge in [-0.2, -0.15) is 0 Å². The molecule has 7 atom stereocenters. The summed E-state index contributed by atoms with van der Waals surface area (Å²) in [6.45, 7) is -0.490. The van der Waals surface area contributed by atoms with Crippen molar-refractivity contribution < 1.29 is 39.1 Å². The lowest BCUT2D eigenvalue weighted by Crippen LogP contribution is -2.60. The van der Waals surface area contributed by atoms with Crippen molar-refractivity contribution in [2.24, 2.45) is 11.5 Å². The number of esters is 2. The van der Waals surface area contributed by atoms with Gasteiger partial charge in [-0.1, -0.05) is 36.4 Å². The summed E-state index contributed by atoms with van der Waals surface area (Å²) in [4.78, 5) is 31.4. The third-order valence-corrected chi connectivity index (χ3v) is 7.14. The number of nitrogens with two attached hydrogens (primary N) is 2. The smallest absolute Gasteiger partial charge is 0.323 e. The van der Waals surface area contributed by atoms with Crippen LogP contribution in [0.3, 0.4) is 0 Å². The van der Waals surface area contributed by atoms with Crippen LogP contribution in [0.1, 0.15) is 11.1 Å². The molecule has 1 aliphatic rings. The molecule has 1 aliphatic heterocycles. The first kappa shape index (κ1) is 27.8. The second-order valence-corrected chi connectivity index (χ2v) is 9.92. The number of carbonyl (C=O) groups is 2. The van der Waals surface area contributed by atoms with Gasteiger partial charge in [0.1, 0.15) is 37.0 Å². The van der Waals surface area contributed by atoms with Crippen molar-refractivity contribution in [3.05, 3.63) is 72.1 Å². The number of para-hydroxylation sites is 2. The predicted octanol–water partition coefficient (Wildman–Crippen LogP) is -0.0170. The highest BCUT2D eigenvalue weighted by atomic mass is 16.7. The molecular weight excluding hydrogens is 520 g/mol. The lowest BCUT2D eigenvalue weighted by molar-refractivity contribution is -0.291. The zero-order chi connectivity index (χ0) is 28.4. The van der Waals surface area contributed by atoms with E-state index in [1.54, 1.807) is 12.4 Å². The monoisotopic (exact) mass is 552 g/mol. The third-order valence-electron chi connectivity index (χ3n) is 7.14. The van der Waals surface area contributed by atoms with E-state index in [1.807, 2.05) is 48.5 Å². The van der Waals surface area contributed by atoms with Crippen molar-refractivity contribution in [1.29, 1.82) is 0 Å². The second-order valence-electron chi connectivity index (χ2n) is 9.92. The van der Waals surface area contributed by atoms with E-state index < -0.39 is 61.3 Å². The summed E-state index contributed by atoms with van der Waals surface area (Å²) in [5.74, 6) is -1.64. The maximum atomic E-state index is 12.7. The topological polar surface area (TPSA) is 206 Å². The van der Waals surface area contributed by atoms with Crippen LogP contribution < -0.4 is 11.5 Å². The fourth-order valence-corrected chi connectivity index (χ4v) is 4.92. The third kappa shape index (κ3) is 5.72. The Kier molecular flexibility index (Phi) is 8.17. The standard InChI is InChI=1S/C28H32N4O8/c29-18(9-14-11-31-20-7-3-1-5-16(14)20)26(35)38-13-22-23(33)24(34)25(28(37)39-22)40-27(36)19(30)10-15-12-32-21-8-4-2-6-17(15)21/h1-8,11-12,18-19,22-25,28,31-34,37H,9-10,13,29-30H2/t18-,19-,22+,23+,24-,25+,28?/m0/s1. The molecule has 9 N–H and O–H groups in total. The van der Waals surface area contributed by atoms with Crippen molar-refractivity contribution in [2.75, 3.05) is 6.61 Å². The fourth-order valence-electron chi connectivity index (χ4n) is 4.92. The van der Waals surface area contributed by atoms with Crippen LogP contribution in [0.5, 0.6) is 0 Å². The molecule has 212 valence electrons. The summed E-state index contributed by atoms with van der Waals surface area (Å²) in [6, 6.07) is 13.0. The van der Waals surface area contributed by atoms with Gasteiger partial charge >= 0.3 is 11.9 Å². The molecule has 3 heterocycles. The minimum Gasteiger partial charge on any atom is -0.462 e. The highest BCUT2D eigenvalue weighted by Crippen LogP contribution is 2.25. The van der Waals surface area contributed by atoms with E-state index in [9.17, 15) is 24.9 Å². The van der Waals surface area contributed by atoms with Gasteiger partial charge in [0.2, 0.25) is 0 Å². The molecule has 12 nitrogen and oxygen atoms in total. The molecule has 4 aromatic rings. The van der Waals surface area contributed by atoms with Gasteiger partial charge in [0, 0.05) is 47.0 Å². The lowest BCUT2D eigenvalue weighted by Gasteiger charge is -2.40. The molecule has 2 aromatic heterocycles. The number of rotatable bonds is 9. The highest BCUT2D eigenvalue weighted by molar-refractivity contribution is 5.85. The van der Waals surface area contributed by atoms with E-state index in [2.05, 4.69) is 9.97 Å². The zero-order valence-electron chi connectivity index (χ0n) is 21.5. The van der Waals surface area contributed by atoms with Crippen molar-refractivity contribution >= 4 is 33.7 Å². The quantitative estimate of drug-likeness (QED) is 0.138. The van der Waals surface area contributed by atoms with Gasteiger partial charge in [-0.15, -0.1) is 0 Å². The molecule has 1 unspecified atom stereocenters. The van der Waals surface area contributed by atoms with Crippen LogP contribution in [-0.2, 0) is 36.6 Å². The van der Waals surface area contributed by atoms with Gasteiger partial charge in [0.25, 0.3) is 0 Å². The van der Waals surface area contributed by atoms with Crippen LogP contribution in [0.25, 0.3) is 21.8 Å². The average Bonchev–Trinajstić information content (AvgIpc) is 3.56. The molecule has 0 amide bonds. The molecule has 5 rings (SSSR count). The van der Waals surface area contributed by atoms with Crippen LogP contribution in [0.15, 0.2) is 60.9 Å². The predicted molar refractivity (Wildman–Crippen MR) is 144 cm³/mol. The van der Waals surface area contributed by atoms with Crippen LogP contribution in [0.4, 0.5) is 0 Å². The summed E-state index contributed by atoms with van der Waals surface area (Å²) in [7, 11) is 0. The van der Waals surface area contributed by atoms with Crippen molar-refractivity contribution in [2.45, 2.75) is 55.6 Å². The molecular formula is C28H32N4O8. The number of aromatic nitrogens is 2. The number of H-pyrrole nitrogens is 2. The minimum absolute atomic E-state index is 0.141. The van der Waals surface area contributed by atoms with Crippen LogP contribution in [0, 0.1) is 0 Å². The molecule has 0 spiro atoms. The Morgan fingerprint density at radius 2 is 1.35 bits per heavy atom.